The fourth-order valence-corrected chi connectivity index (χ4v) is 2.67. The van der Waals surface area contributed by atoms with Gasteiger partial charge in [-0.25, -0.2) is 4.79 Å². The van der Waals surface area contributed by atoms with Gasteiger partial charge in [0, 0.05) is 12.6 Å². The number of aromatic amines is 1. The maximum Gasteiger partial charge on any atom is 0.335 e. The van der Waals surface area contributed by atoms with E-state index in [0.29, 0.717) is 11.6 Å². The second-order valence-electron chi connectivity index (χ2n) is 5.14. The predicted molar refractivity (Wildman–Crippen MR) is 74.5 cm³/mol. The number of H-pyrrole nitrogens is 1. The van der Waals surface area contributed by atoms with Gasteiger partial charge in [-0.2, -0.15) is 5.10 Å². The number of aromatic carboxylic acids is 1. The summed E-state index contributed by atoms with van der Waals surface area (Å²) in [6.45, 7) is 0.725. The average molecular weight is 271 g/mol. The average Bonchev–Trinajstić information content (AvgIpc) is 2.94. The minimum absolute atomic E-state index is 0.306. The van der Waals surface area contributed by atoms with Crippen LogP contribution in [0.1, 0.15) is 46.1 Å². The number of carboxylic acids is 1. The topological polar surface area (TPSA) is 78.0 Å². The summed E-state index contributed by atoms with van der Waals surface area (Å²) in [4.78, 5) is 10.8. The van der Waals surface area contributed by atoms with Crippen LogP contribution in [0.4, 0.5) is 0 Å². The first kappa shape index (κ1) is 12.9. The van der Waals surface area contributed by atoms with Crippen LogP contribution in [-0.2, 0) is 13.0 Å². The second-order valence-corrected chi connectivity index (χ2v) is 5.14. The molecule has 0 radical (unpaired) electrons. The number of carboxylic acid groups (broad SMARTS) is 1. The van der Waals surface area contributed by atoms with Gasteiger partial charge in [0.15, 0.2) is 0 Å². The summed E-state index contributed by atoms with van der Waals surface area (Å²) in [6, 6.07) is 7.30. The lowest BCUT2D eigenvalue weighted by atomic mass is 9.93. The molecule has 3 rings (SSSR count). The van der Waals surface area contributed by atoms with Crippen molar-refractivity contribution in [2.45, 2.75) is 31.8 Å². The molecule has 20 heavy (non-hydrogen) atoms. The van der Waals surface area contributed by atoms with Gasteiger partial charge in [0.25, 0.3) is 0 Å². The van der Waals surface area contributed by atoms with Gasteiger partial charge in [-0.05, 0) is 42.5 Å². The Morgan fingerprint density at radius 3 is 2.95 bits per heavy atom. The van der Waals surface area contributed by atoms with E-state index in [-0.39, 0.29) is 0 Å². The molecule has 1 heterocycles. The molecule has 5 nitrogen and oxygen atoms in total. The lowest BCUT2D eigenvalue weighted by Gasteiger charge is -2.23. The zero-order valence-corrected chi connectivity index (χ0v) is 11.1. The lowest BCUT2D eigenvalue weighted by Crippen LogP contribution is -2.24. The number of benzene rings is 1. The Morgan fingerprint density at radius 1 is 1.40 bits per heavy atom. The van der Waals surface area contributed by atoms with Crippen LogP contribution in [-0.4, -0.2) is 21.3 Å². The molecule has 1 aliphatic rings. The molecular formula is C15H17N3O2. The zero-order chi connectivity index (χ0) is 13.9. The molecule has 0 fully saturated rings. The van der Waals surface area contributed by atoms with Gasteiger partial charge >= 0.3 is 5.97 Å². The highest BCUT2D eigenvalue weighted by atomic mass is 16.4. The lowest BCUT2D eigenvalue weighted by molar-refractivity contribution is 0.0697. The van der Waals surface area contributed by atoms with Gasteiger partial charge in [-0.1, -0.05) is 12.1 Å². The standard InChI is InChI=1S/C15H17N3O2/c19-15(20)11-6-4-10(5-7-11)8-16-13-3-1-2-12-9-17-18-14(12)13/h4-7,9,13,16H,1-3,8H2,(H,17,18)(H,19,20). The van der Waals surface area contributed by atoms with Crippen LogP contribution >= 0.6 is 0 Å². The molecule has 2 aromatic rings. The molecule has 1 unspecified atom stereocenters. The monoisotopic (exact) mass is 271 g/mol. The molecule has 1 aliphatic carbocycles. The van der Waals surface area contributed by atoms with Crippen LogP contribution in [0, 0.1) is 0 Å². The SMILES string of the molecule is O=C(O)c1ccc(CNC2CCCc3cn[nH]c32)cc1. The summed E-state index contributed by atoms with van der Waals surface area (Å²) in [5.74, 6) is -0.890. The molecule has 0 aliphatic heterocycles. The second kappa shape index (κ2) is 5.46. The summed E-state index contributed by atoms with van der Waals surface area (Å²) in [6.07, 6.45) is 5.27. The van der Waals surface area contributed by atoms with E-state index in [1.807, 2.05) is 18.3 Å². The van der Waals surface area contributed by atoms with Crippen LogP contribution in [0.3, 0.4) is 0 Å². The van der Waals surface area contributed by atoms with Crippen molar-refractivity contribution in [3.63, 3.8) is 0 Å². The van der Waals surface area contributed by atoms with Crippen molar-refractivity contribution < 1.29 is 9.90 Å². The highest BCUT2D eigenvalue weighted by Crippen LogP contribution is 2.27. The van der Waals surface area contributed by atoms with Gasteiger partial charge in [-0.15, -0.1) is 0 Å². The van der Waals surface area contributed by atoms with E-state index >= 15 is 0 Å². The van der Waals surface area contributed by atoms with Gasteiger partial charge in [0.2, 0.25) is 0 Å². The first-order valence-electron chi connectivity index (χ1n) is 6.82. The number of aromatic nitrogens is 2. The highest BCUT2D eigenvalue weighted by Gasteiger charge is 2.21. The summed E-state index contributed by atoms with van der Waals surface area (Å²) < 4.78 is 0. The van der Waals surface area contributed by atoms with Gasteiger partial charge in [0.05, 0.1) is 17.5 Å². The van der Waals surface area contributed by atoms with Crippen molar-refractivity contribution in [2.75, 3.05) is 0 Å². The van der Waals surface area contributed by atoms with E-state index in [4.69, 9.17) is 5.11 Å². The Kier molecular flexibility index (Phi) is 3.52. The Hall–Kier alpha value is -2.14. The van der Waals surface area contributed by atoms with Gasteiger partial charge in [0.1, 0.15) is 0 Å². The van der Waals surface area contributed by atoms with Crippen LogP contribution < -0.4 is 5.32 Å². The first-order chi connectivity index (χ1) is 9.74. The van der Waals surface area contributed by atoms with Crippen LogP contribution in [0.2, 0.25) is 0 Å². The maximum absolute atomic E-state index is 10.8. The number of aryl methyl sites for hydroxylation is 1. The Labute approximate surface area is 117 Å². The van der Waals surface area contributed by atoms with E-state index in [1.54, 1.807) is 12.1 Å². The number of rotatable bonds is 4. The fourth-order valence-electron chi connectivity index (χ4n) is 2.67. The van der Waals surface area contributed by atoms with Crippen molar-refractivity contribution in [1.82, 2.24) is 15.5 Å². The van der Waals surface area contributed by atoms with E-state index in [1.165, 1.54) is 17.7 Å². The predicted octanol–water partition coefficient (Wildman–Crippen LogP) is 2.28. The normalized spacial score (nSPS) is 17.7. The van der Waals surface area contributed by atoms with E-state index in [2.05, 4.69) is 15.5 Å². The van der Waals surface area contributed by atoms with Crippen molar-refractivity contribution in [2.24, 2.45) is 0 Å². The molecule has 0 bridgehead atoms. The van der Waals surface area contributed by atoms with Crippen LogP contribution in [0.15, 0.2) is 30.5 Å². The Bertz CT molecular complexity index is 604. The quantitative estimate of drug-likeness (QED) is 0.797. The molecule has 0 spiro atoms. The Balaban J connectivity index is 1.64. The highest BCUT2D eigenvalue weighted by molar-refractivity contribution is 5.87. The molecule has 3 N–H and O–H groups in total. The van der Waals surface area contributed by atoms with Crippen molar-refractivity contribution in [3.05, 3.63) is 52.8 Å². The number of carbonyl (C=O) groups is 1. The minimum atomic E-state index is -0.890. The number of hydrogen-bond acceptors (Lipinski definition) is 3. The smallest absolute Gasteiger partial charge is 0.335 e. The largest absolute Gasteiger partial charge is 0.478 e. The zero-order valence-electron chi connectivity index (χ0n) is 11.1. The molecule has 1 aromatic heterocycles. The van der Waals surface area contributed by atoms with Gasteiger partial charge in [-0.3, -0.25) is 5.10 Å². The van der Waals surface area contributed by atoms with Crippen LogP contribution in [0.5, 0.6) is 0 Å². The van der Waals surface area contributed by atoms with E-state index < -0.39 is 5.97 Å². The third-order valence-corrected chi connectivity index (χ3v) is 3.79. The summed E-state index contributed by atoms with van der Waals surface area (Å²) in [5.41, 5.74) is 3.90. The Morgan fingerprint density at radius 2 is 2.20 bits per heavy atom. The fraction of sp³-hybridized carbons (Fsp3) is 0.333. The number of fused-ring (bicyclic) bond motifs is 1. The summed E-state index contributed by atoms with van der Waals surface area (Å²) in [5, 5.41) is 19.6. The van der Waals surface area contributed by atoms with Gasteiger partial charge < -0.3 is 10.4 Å². The molecular weight excluding hydrogens is 254 g/mol. The van der Waals surface area contributed by atoms with Crippen molar-refractivity contribution >= 4 is 5.97 Å². The third-order valence-electron chi connectivity index (χ3n) is 3.79. The first-order valence-corrected chi connectivity index (χ1v) is 6.82. The molecule has 5 heteroatoms. The molecule has 104 valence electrons. The molecule has 1 atom stereocenters. The number of nitrogens with one attached hydrogen (secondary N) is 2. The number of nitrogens with zero attached hydrogens (tertiary/aromatic N) is 1. The summed E-state index contributed by atoms with van der Waals surface area (Å²) in [7, 11) is 0. The minimum Gasteiger partial charge on any atom is -0.478 e. The van der Waals surface area contributed by atoms with Crippen molar-refractivity contribution in [3.8, 4) is 0 Å². The molecule has 0 amide bonds. The summed E-state index contributed by atoms with van der Waals surface area (Å²) >= 11 is 0. The van der Waals surface area contributed by atoms with E-state index in [9.17, 15) is 4.79 Å². The third kappa shape index (κ3) is 2.58. The van der Waals surface area contributed by atoms with Crippen LogP contribution in [0.25, 0.3) is 0 Å². The van der Waals surface area contributed by atoms with E-state index in [0.717, 1.165) is 24.9 Å². The molecule has 0 saturated heterocycles. The molecule has 0 saturated carbocycles. The molecule has 1 aromatic carbocycles. The number of hydrogen-bond donors (Lipinski definition) is 3. The van der Waals surface area contributed by atoms with Crippen molar-refractivity contribution in [1.29, 1.82) is 0 Å². The maximum atomic E-state index is 10.8.